The van der Waals surface area contributed by atoms with E-state index in [-0.39, 0.29) is 12.1 Å². The number of hydrogen-bond donors (Lipinski definition) is 0. The molecule has 0 saturated heterocycles. The van der Waals surface area contributed by atoms with Crippen LogP contribution in [0.3, 0.4) is 0 Å². The highest BCUT2D eigenvalue weighted by Crippen LogP contribution is 2.20. The molecule has 0 radical (unpaired) electrons. The molecule has 0 N–H and O–H groups in total. The zero-order valence-corrected chi connectivity index (χ0v) is 18.6. The van der Waals surface area contributed by atoms with E-state index in [0.717, 1.165) is 25.7 Å². The molecule has 162 valence electrons. The SMILES string of the molecule is CCCCCCCCCCCC(N=[N+]=[N-])C(CCCCCCCCC)N=[N+]=[N-]. The van der Waals surface area contributed by atoms with Crippen LogP contribution >= 0.6 is 0 Å². The van der Waals surface area contributed by atoms with Crippen LogP contribution < -0.4 is 0 Å². The van der Waals surface area contributed by atoms with Crippen LogP contribution in [-0.4, -0.2) is 12.1 Å². The molecule has 28 heavy (non-hydrogen) atoms. The van der Waals surface area contributed by atoms with Crippen molar-refractivity contribution in [2.24, 2.45) is 10.2 Å². The van der Waals surface area contributed by atoms with Crippen molar-refractivity contribution in [3.05, 3.63) is 20.9 Å². The standard InChI is InChI=1S/C22H44N6/c1-3-5-7-9-11-12-14-16-18-20-22(26-28-24)21(25-27-23)19-17-15-13-10-8-6-4-2/h21-22H,3-20H2,1-2H3. The van der Waals surface area contributed by atoms with Gasteiger partial charge in [-0.25, -0.2) is 0 Å². The van der Waals surface area contributed by atoms with Crippen molar-refractivity contribution in [2.75, 3.05) is 0 Å². The molecule has 0 aromatic carbocycles. The molecule has 2 unspecified atom stereocenters. The average molecular weight is 393 g/mol. The lowest BCUT2D eigenvalue weighted by molar-refractivity contribution is 0.427. The first-order valence-corrected chi connectivity index (χ1v) is 11.9. The second-order valence-corrected chi connectivity index (χ2v) is 8.07. The topological polar surface area (TPSA) is 97.5 Å². The van der Waals surface area contributed by atoms with Crippen LogP contribution in [0.15, 0.2) is 10.2 Å². The van der Waals surface area contributed by atoms with Crippen LogP contribution in [0, 0.1) is 0 Å². The second-order valence-electron chi connectivity index (χ2n) is 8.07. The smallest absolute Gasteiger partial charge is 0.0458 e. The molecule has 6 heteroatoms. The van der Waals surface area contributed by atoms with Gasteiger partial charge in [0.25, 0.3) is 0 Å². The minimum Gasteiger partial charge on any atom is -0.0902 e. The van der Waals surface area contributed by atoms with Gasteiger partial charge in [0.2, 0.25) is 0 Å². The molecule has 0 saturated carbocycles. The number of rotatable bonds is 21. The summed E-state index contributed by atoms with van der Waals surface area (Å²) in [4.78, 5) is 6.03. The van der Waals surface area contributed by atoms with Gasteiger partial charge in [-0.05, 0) is 23.9 Å². The van der Waals surface area contributed by atoms with E-state index < -0.39 is 0 Å². The van der Waals surface area contributed by atoms with Crippen LogP contribution in [0.5, 0.6) is 0 Å². The molecule has 0 heterocycles. The number of nitrogens with zero attached hydrogens (tertiary/aromatic N) is 6. The fourth-order valence-corrected chi connectivity index (χ4v) is 3.76. The van der Waals surface area contributed by atoms with E-state index in [1.807, 2.05) is 0 Å². The molecular formula is C22H44N6. The van der Waals surface area contributed by atoms with Crippen LogP contribution in [-0.2, 0) is 0 Å². The maximum Gasteiger partial charge on any atom is 0.0458 e. The van der Waals surface area contributed by atoms with E-state index in [0.29, 0.717) is 0 Å². The maximum atomic E-state index is 8.91. The zero-order chi connectivity index (χ0) is 20.7. The highest BCUT2D eigenvalue weighted by atomic mass is 15.2. The third-order valence-corrected chi connectivity index (χ3v) is 5.55. The lowest BCUT2D eigenvalue weighted by Gasteiger charge is -2.19. The Kier molecular flexibility index (Phi) is 20.8. The van der Waals surface area contributed by atoms with Gasteiger partial charge in [-0.3, -0.25) is 0 Å². The summed E-state index contributed by atoms with van der Waals surface area (Å²) in [6.07, 6.45) is 21.8. The molecule has 0 spiro atoms. The van der Waals surface area contributed by atoms with Crippen molar-refractivity contribution in [2.45, 2.75) is 142 Å². The van der Waals surface area contributed by atoms with Crippen LogP contribution in [0.1, 0.15) is 129 Å². The summed E-state index contributed by atoms with van der Waals surface area (Å²) in [7, 11) is 0. The van der Waals surface area contributed by atoms with Crippen molar-refractivity contribution in [3.8, 4) is 0 Å². The Morgan fingerprint density at radius 1 is 0.500 bits per heavy atom. The Morgan fingerprint density at radius 3 is 1.07 bits per heavy atom. The Labute approximate surface area is 173 Å². The van der Waals surface area contributed by atoms with Gasteiger partial charge >= 0.3 is 0 Å². The fraction of sp³-hybridized carbons (Fsp3) is 1.00. The van der Waals surface area contributed by atoms with Crippen molar-refractivity contribution >= 4 is 0 Å². The summed E-state index contributed by atoms with van der Waals surface area (Å²) in [6, 6.07) is -0.379. The molecule has 6 nitrogen and oxygen atoms in total. The lowest BCUT2D eigenvalue weighted by atomic mass is 9.96. The summed E-state index contributed by atoms with van der Waals surface area (Å²) in [5.41, 5.74) is 17.8. The van der Waals surface area contributed by atoms with Gasteiger partial charge in [0.15, 0.2) is 0 Å². The van der Waals surface area contributed by atoms with Crippen molar-refractivity contribution < 1.29 is 0 Å². The van der Waals surface area contributed by atoms with Crippen LogP contribution in [0.4, 0.5) is 0 Å². The number of hydrogen-bond acceptors (Lipinski definition) is 2. The highest BCUT2D eigenvalue weighted by Gasteiger charge is 2.18. The minimum absolute atomic E-state index is 0.189. The van der Waals surface area contributed by atoms with E-state index >= 15 is 0 Å². The van der Waals surface area contributed by atoms with E-state index in [1.165, 1.54) is 89.9 Å². The minimum atomic E-state index is -0.189. The first-order chi connectivity index (χ1) is 13.8. The van der Waals surface area contributed by atoms with Crippen molar-refractivity contribution in [1.82, 2.24) is 0 Å². The third-order valence-electron chi connectivity index (χ3n) is 5.55. The van der Waals surface area contributed by atoms with Gasteiger partial charge in [0.05, 0.1) is 0 Å². The Balaban J connectivity index is 4.06. The van der Waals surface area contributed by atoms with Gasteiger partial charge in [0.1, 0.15) is 0 Å². The predicted octanol–water partition coefficient (Wildman–Crippen LogP) is 9.41. The molecule has 0 aliphatic carbocycles. The average Bonchev–Trinajstić information content (AvgIpc) is 2.70. The van der Waals surface area contributed by atoms with Crippen LogP contribution in [0.2, 0.25) is 0 Å². The molecule has 0 aliphatic heterocycles. The summed E-state index contributed by atoms with van der Waals surface area (Å²) < 4.78 is 0. The fourth-order valence-electron chi connectivity index (χ4n) is 3.76. The van der Waals surface area contributed by atoms with Crippen LogP contribution in [0.25, 0.3) is 20.9 Å². The van der Waals surface area contributed by atoms with Gasteiger partial charge in [-0.2, -0.15) is 0 Å². The molecule has 0 fully saturated rings. The van der Waals surface area contributed by atoms with Gasteiger partial charge in [0, 0.05) is 21.9 Å². The summed E-state index contributed by atoms with van der Waals surface area (Å²) in [5, 5.41) is 7.93. The summed E-state index contributed by atoms with van der Waals surface area (Å²) >= 11 is 0. The highest BCUT2D eigenvalue weighted by molar-refractivity contribution is 4.83. The molecule has 0 bridgehead atoms. The zero-order valence-electron chi connectivity index (χ0n) is 18.6. The molecule has 0 aromatic heterocycles. The van der Waals surface area contributed by atoms with Gasteiger partial charge in [-0.1, -0.05) is 127 Å². The number of unbranched alkanes of at least 4 members (excludes halogenated alkanes) is 14. The van der Waals surface area contributed by atoms with Gasteiger partial charge in [-0.15, -0.1) is 0 Å². The molecule has 2 atom stereocenters. The van der Waals surface area contributed by atoms with Gasteiger partial charge < -0.3 is 0 Å². The van der Waals surface area contributed by atoms with E-state index in [2.05, 4.69) is 33.9 Å². The van der Waals surface area contributed by atoms with Crippen molar-refractivity contribution in [1.29, 1.82) is 0 Å². The third kappa shape index (κ3) is 16.8. The quantitative estimate of drug-likeness (QED) is 0.0804. The molecular weight excluding hydrogens is 348 g/mol. The molecule has 0 aliphatic rings. The summed E-state index contributed by atoms with van der Waals surface area (Å²) in [6.45, 7) is 4.48. The second kappa shape index (κ2) is 21.9. The van der Waals surface area contributed by atoms with E-state index in [1.54, 1.807) is 0 Å². The molecule has 0 rings (SSSR count). The predicted molar refractivity (Wildman–Crippen MR) is 120 cm³/mol. The van der Waals surface area contributed by atoms with Crippen molar-refractivity contribution in [3.63, 3.8) is 0 Å². The lowest BCUT2D eigenvalue weighted by Crippen LogP contribution is -2.22. The normalized spacial score (nSPS) is 12.8. The van der Waals surface area contributed by atoms with E-state index in [9.17, 15) is 0 Å². The van der Waals surface area contributed by atoms with E-state index in [4.69, 9.17) is 11.1 Å². The monoisotopic (exact) mass is 392 g/mol. The first-order valence-electron chi connectivity index (χ1n) is 11.9. The first kappa shape index (κ1) is 26.6. The Morgan fingerprint density at radius 2 is 0.786 bits per heavy atom. The number of azide groups is 2. The Hall–Kier alpha value is -1.38. The maximum absolute atomic E-state index is 8.91. The largest absolute Gasteiger partial charge is 0.0902 e. The summed E-state index contributed by atoms with van der Waals surface area (Å²) in [5.74, 6) is 0. The Bertz CT molecular complexity index is 427. The molecule has 0 amide bonds. The molecule has 0 aromatic rings.